The average molecular weight is 255 g/mol. The van der Waals surface area contributed by atoms with E-state index < -0.39 is 11.7 Å². The molecule has 17 heavy (non-hydrogen) atoms. The fraction of sp³-hybridized carbons (Fsp3) is 0.417. The molecular weight excluding hydrogens is 241 g/mol. The highest BCUT2D eigenvalue weighted by atomic mass is 32.2. The van der Waals surface area contributed by atoms with Crippen LogP contribution in [0.3, 0.4) is 0 Å². The molecule has 1 aromatic rings. The standard InChI is InChI=1S/C12H14FNO2S/c13-11-5-9(15)1-2-10(11)12(16)14-6-8-3-4-17-7-8/h1-2,5,8,15H,3-4,6-7H2,(H,14,16). The monoisotopic (exact) mass is 255 g/mol. The molecule has 0 aromatic heterocycles. The molecule has 2 rings (SSSR count). The summed E-state index contributed by atoms with van der Waals surface area (Å²) < 4.78 is 13.4. The number of rotatable bonds is 3. The average Bonchev–Trinajstić information content (AvgIpc) is 2.78. The van der Waals surface area contributed by atoms with E-state index in [2.05, 4.69) is 5.32 Å². The Morgan fingerprint density at radius 1 is 1.59 bits per heavy atom. The second-order valence-electron chi connectivity index (χ2n) is 4.10. The van der Waals surface area contributed by atoms with Crippen molar-refractivity contribution in [3.8, 4) is 5.75 Å². The van der Waals surface area contributed by atoms with Crippen LogP contribution >= 0.6 is 11.8 Å². The number of amides is 1. The summed E-state index contributed by atoms with van der Waals surface area (Å²) in [5.41, 5.74) is -0.0200. The van der Waals surface area contributed by atoms with Gasteiger partial charge in [0.2, 0.25) is 0 Å². The van der Waals surface area contributed by atoms with Crippen molar-refractivity contribution in [3.05, 3.63) is 29.6 Å². The number of halogens is 1. The molecule has 2 N–H and O–H groups in total. The van der Waals surface area contributed by atoms with Crippen LogP contribution in [0.5, 0.6) is 5.75 Å². The van der Waals surface area contributed by atoms with E-state index in [9.17, 15) is 9.18 Å². The van der Waals surface area contributed by atoms with Gasteiger partial charge in [0.1, 0.15) is 11.6 Å². The number of carbonyl (C=O) groups excluding carboxylic acids is 1. The molecule has 0 spiro atoms. The fourth-order valence-corrected chi connectivity index (χ4v) is 3.05. The van der Waals surface area contributed by atoms with E-state index in [1.807, 2.05) is 11.8 Å². The van der Waals surface area contributed by atoms with Crippen molar-refractivity contribution in [2.24, 2.45) is 5.92 Å². The molecule has 1 saturated heterocycles. The van der Waals surface area contributed by atoms with Gasteiger partial charge in [0.05, 0.1) is 5.56 Å². The maximum atomic E-state index is 13.4. The maximum absolute atomic E-state index is 13.4. The molecule has 92 valence electrons. The lowest BCUT2D eigenvalue weighted by molar-refractivity contribution is 0.0944. The van der Waals surface area contributed by atoms with Gasteiger partial charge < -0.3 is 10.4 Å². The first kappa shape index (κ1) is 12.2. The highest BCUT2D eigenvalue weighted by Gasteiger charge is 2.18. The summed E-state index contributed by atoms with van der Waals surface area (Å²) in [5.74, 6) is 1.39. The zero-order valence-corrected chi connectivity index (χ0v) is 10.1. The van der Waals surface area contributed by atoms with Crippen LogP contribution in [-0.2, 0) is 0 Å². The number of hydrogen-bond donors (Lipinski definition) is 2. The van der Waals surface area contributed by atoms with Crippen LogP contribution in [0.1, 0.15) is 16.8 Å². The highest BCUT2D eigenvalue weighted by molar-refractivity contribution is 7.99. The number of carbonyl (C=O) groups is 1. The third-order valence-electron chi connectivity index (χ3n) is 2.77. The molecule has 1 atom stereocenters. The largest absolute Gasteiger partial charge is 0.508 e. The van der Waals surface area contributed by atoms with Crippen LogP contribution in [-0.4, -0.2) is 29.1 Å². The quantitative estimate of drug-likeness (QED) is 0.868. The smallest absolute Gasteiger partial charge is 0.254 e. The molecular formula is C12H14FNO2S. The van der Waals surface area contributed by atoms with Crippen LogP contribution < -0.4 is 5.32 Å². The number of aromatic hydroxyl groups is 1. The maximum Gasteiger partial charge on any atom is 0.254 e. The van der Waals surface area contributed by atoms with Crippen molar-refractivity contribution in [1.29, 1.82) is 0 Å². The van der Waals surface area contributed by atoms with E-state index in [1.165, 1.54) is 12.1 Å². The van der Waals surface area contributed by atoms with Gasteiger partial charge in [-0.3, -0.25) is 4.79 Å². The molecule has 3 nitrogen and oxygen atoms in total. The van der Waals surface area contributed by atoms with Crippen LogP contribution in [0.4, 0.5) is 4.39 Å². The van der Waals surface area contributed by atoms with E-state index in [0.717, 1.165) is 24.0 Å². The summed E-state index contributed by atoms with van der Waals surface area (Å²) >= 11 is 1.88. The number of phenolic OH excluding ortho intramolecular Hbond substituents is 1. The lowest BCUT2D eigenvalue weighted by Gasteiger charge is -2.10. The van der Waals surface area contributed by atoms with Crippen molar-refractivity contribution < 1.29 is 14.3 Å². The second kappa shape index (κ2) is 5.40. The van der Waals surface area contributed by atoms with Crippen molar-refractivity contribution in [1.82, 2.24) is 5.32 Å². The number of benzene rings is 1. The molecule has 1 aliphatic heterocycles. The third-order valence-corrected chi connectivity index (χ3v) is 4.00. The molecule has 1 unspecified atom stereocenters. The van der Waals surface area contributed by atoms with Gasteiger partial charge in [0.15, 0.2) is 0 Å². The Labute approximate surface area is 103 Å². The topological polar surface area (TPSA) is 49.3 Å². The summed E-state index contributed by atoms with van der Waals surface area (Å²) in [6.07, 6.45) is 1.10. The minimum atomic E-state index is -0.691. The number of nitrogens with one attached hydrogen (secondary N) is 1. The Morgan fingerprint density at radius 2 is 2.41 bits per heavy atom. The zero-order valence-electron chi connectivity index (χ0n) is 9.28. The minimum absolute atomic E-state index is 0.0200. The molecule has 1 aliphatic rings. The molecule has 0 aliphatic carbocycles. The van der Waals surface area contributed by atoms with E-state index in [-0.39, 0.29) is 11.3 Å². The number of hydrogen-bond acceptors (Lipinski definition) is 3. The summed E-state index contributed by atoms with van der Waals surface area (Å²) in [5, 5.41) is 11.8. The van der Waals surface area contributed by atoms with Crippen molar-refractivity contribution >= 4 is 17.7 Å². The Hall–Kier alpha value is -1.23. The normalized spacial score (nSPS) is 19.2. The van der Waals surface area contributed by atoms with Crippen molar-refractivity contribution in [2.75, 3.05) is 18.1 Å². The van der Waals surface area contributed by atoms with Gasteiger partial charge in [-0.05, 0) is 36.0 Å². The Morgan fingerprint density at radius 3 is 3.06 bits per heavy atom. The first-order valence-corrected chi connectivity index (χ1v) is 6.67. The van der Waals surface area contributed by atoms with Gasteiger partial charge in [-0.25, -0.2) is 4.39 Å². The fourth-order valence-electron chi connectivity index (χ4n) is 1.76. The molecule has 1 heterocycles. The van der Waals surface area contributed by atoms with Crippen LogP contribution in [0.2, 0.25) is 0 Å². The van der Waals surface area contributed by atoms with Crippen LogP contribution in [0.25, 0.3) is 0 Å². The lowest BCUT2D eigenvalue weighted by atomic mass is 10.1. The Balaban J connectivity index is 1.94. The molecule has 1 amide bonds. The van der Waals surface area contributed by atoms with Gasteiger partial charge in [0.25, 0.3) is 5.91 Å². The predicted molar refractivity (Wildman–Crippen MR) is 65.8 cm³/mol. The lowest BCUT2D eigenvalue weighted by Crippen LogP contribution is -2.29. The molecule has 1 aromatic carbocycles. The highest BCUT2D eigenvalue weighted by Crippen LogP contribution is 2.22. The summed E-state index contributed by atoms with van der Waals surface area (Å²) in [7, 11) is 0. The van der Waals surface area contributed by atoms with E-state index in [4.69, 9.17) is 5.11 Å². The van der Waals surface area contributed by atoms with Crippen molar-refractivity contribution in [2.45, 2.75) is 6.42 Å². The zero-order chi connectivity index (χ0) is 12.3. The molecule has 0 radical (unpaired) electrons. The number of thioether (sulfide) groups is 1. The van der Waals surface area contributed by atoms with E-state index in [0.29, 0.717) is 12.5 Å². The van der Waals surface area contributed by atoms with Gasteiger partial charge >= 0.3 is 0 Å². The Kier molecular flexibility index (Phi) is 3.89. The van der Waals surface area contributed by atoms with Crippen molar-refractivity contribution in [3.63, 3.8) is 0 Å². The first-order chi connectivity index (χ1) is 8.16. The van der Waals surface area contributed by atoms with Crippen LogP contribution in [0.15, 0.2) is 18.2 Å². The SMILES string of the molecule is O=C(NCC1CCSC1)c1ccc(O)cc1F. The second-order valence-corrected chi connectivity index (χ2v) is 5.25. The van der Waals surface area contributed by atoms with Gasteiger partial charge in [-0.1, -0.05) is 0 Å². The molecule has 1 fully saturated rings. The number of phenols is 1. The van der Waals surface area contributed by atoms with E-state index in [1.54, 1.807) is 0 Å². The molecule has 5 heteroatoms. The first-order valence-electron chi connectivity index (χ1n) is 5.51. The molecule has 0 saturated carbocycles. The predicted octanol–water partition coefficient (Wildman–Crippen LogP) is 2.01. The Bertz CT molecular complexity index is 419. The van der Waals surface area contributed by atoms with Gasteiger partial charge in [-0.2, -0.15) is 11.8 Å². The van der Waals surface area contributed by atoms with Gasteiger partial charge in [-0.15, -0.1) is 0 Å². The molecule has 0 bridgehead atoms. The summed E-state index contributed by atoms with van der Waals surface area (Å²) in [6.45, 7) is 0.589. The van der Waals surface area contributed by atoms with E-state index >= 15 is 0 Å². The minimum Gasteiger partial charge on any atom is -0.508 e. The summed E-state index contributed by atoms with van der Waals surface area (Å²) in [4.78, 5) is 11.7. The van der Waals surface area contributed by atoms with Crippen LogP contribution in [0, 0.1) is 11.7 Å². The third kappa shape index (κ3) is 3.12. The van der Waals surface area contributed by atoms with Gasteiger partial charge in [0, 0.05) is 12.6 Å². The summed E-state index contributed by atoms with van der Waals surface area (Å²) in [6, 6.07) is 3.55.